The average Bonchev–Trinajstić information content (AvgIpc) is 2.85. The SMILES string of the molecule is CCCNC(=O)CCNC(=O)N1CCC[C@@H]1C(=O)O. The van der Waals surface area contributed by atoms with E-state index in [0.29, 0.717) is 25.9 Å². The Morgan fingerprint density at radius 2 is 2.00 bits per heavy atom. The van der Waals surface area contributed by atoms with Crippen molar-refractivity contribution in [2.24, 2.45) is 0 Å². The Morgan fingerprint density at radius 3 is 2.63 bits per heavy atom. The summed E-state index contributed by atoms with van der Waals surface area (Å²) in [5.74, 6) is -1.09. The lowest BCUT2D eigenvalue weighted by Crippen LogP contribution is -2.46. The molecule has 1 rings (SSSR count). The predicted molar refractivity (Wildman–Crippen MR) is 68.7 cm³/mol. The average molecular weight is 271 g/mol. The van der Waals surface area contributed by atoms with E-state index in [4.69, 9.17) is 5.11 Å². The number of aliphatic carboxylic acids is 1. The fraction of sp³-hybridized carbons (Fsp3) is 0.750. The van der Waals surface area contributed by atoms with E-state index in [1.807, 2.05) is 6.92 Å². The van der Waals surface area contributed by atoms with Crippen molar-refractivity contribution >= 4 is 17.9 Å². The monoisotopic (exact) mass is 271 g/mol. The van der Waals surface area contributed by atoms with E-state index >= 15 is 0 Å². The molecule has 0 saturated carbocycles. The zero-order valence-corrected chi connectivity index (χ0v) is 11.1. The highest BCUT2D eigenvalue weighted by Crippen LogP contribution is 2.17. The molecule has 1 atom stereocenters. The normalized spacial score (nSPS) is 18.2. The highest BCUT2D eigenvalue weighted by molar-refractivity contribution is 5.83. The molecule has 0 radical (unpaired) electrons. The molecule has 1 aliphatic rings. The van der Waals surface area contributed by atoms with Gasteiger partial charge in [-0.15, -0.1) is 0 Å². The van der Waals surface area contributed by atoms with E-state index in [-0.39, 0.29) is 18.9 Å². The first-order valence-electron chi connectivity index (χ1n) is 6.60. The first-order valence-corrected chi connectivity index (χ1v) is 6.60. The third-order valence-corrected chi connectivity index (χ3v) is 3.00. The van der Waals surface area contributed by atoms with Crippen molar-refractivity contribution in [1.82, 2.24) is 15.5 Å². The second-order valence-electron chi connectivity index (χ2n) is 4.52. The maximum absolute atomic E-state index is 11.8. The van der Waals surface area contributed by atoms with Crippen LogP contribution in [0.3, 0.4) is 0 Å². The number of hydrogen-bond acceptors (Lipinski definition) is 3. The van der Waals surface area contributed by atoms with Crippen molar-refractivity contribution in [2.45, 2.75) is 38.6 Å². The van der Waals surface area contributed by atoms with Gasteiger partial charge in [-0.2, -0.15) is 0 Å². The summed E-state index contributed by atoms with van der Waals surface area (Å²) in [6.07, 6.45) is 2.25. The lowest BCUT2D eigenvalue weighted by atomic mass is 10.2. The van der Waals surface area contributed by atoms with E-state index in [1.165, 1.54) is 4.90 Å². The highest BCUT2D eigenvalue weighted by atomic mass is 16.4. The molecule has 3 amide bonds. The zero-order chi connectivity index (χ0) is 14.3. The molecule has 0 aliphatic carbocycles. The van der Waals surface area contributed by atoms with Crippen LogP contribution in [0.2, 0.25) is 0 Å². The predicted octanol–water partition coefficient (Wildman–Crippen LogP) is 0.161. The summed E-state index contributed by atoms with van der Waals surface area (Å²) in [6, 6.07) is -1.15. The topological polar surface area (TPSA) is 98.7 Å². The van der Waals surface area contributed by atoms with Crippen LogP contribution in [-0.2, 0) is 9.59 Å². The number of nitrogens with one attached hydrogen (secondary N) is 2. The first-order chi connectivity index (χ1) is 9.06. The lowest BCUT2D eigenvalue weighted by molar-refractivity contribution is -0.141. The summed E-state index contributed by atoms with van der Waals surface area (Å²) in [7, 11) is 0. The van der Waals surface area contributed by atoms with Crippen LogP contribution in [0.5, 0.6) is 0 Å². The van der Waals surface area contributed by atoms with Gasteiger partial charge in [0.1, 0.15) is 6.04 Å². The molecule has 108 valence electrons. The number of carbonyl (C=O) groups excluding carboxylic acids is 2. The summed E-state index contributed by atoms with van der Waals surface area (Å²) in [6.45, 7) is 3.25. The standard InChI is InChI=1S/C12H21N3O4/c1-2-6-13-10(16)5-7-14-12(19)15-8-3-4-9(15)11(17)18/h9H,2-8H2,1H3,(H,13,16)(H,14,19)(H,17,18)/t9-/m1/s1. The third kappa shape index (κ3) is 4.76. The van der Waals surface area contributed by atoms with Gasteiger partial charge in [-0.25, -0.2) is 9.59 Å². The van der Waals surface area contributed by atoms with Gasteiger partial charge < -0.3 is 20.6 Å². The van der Waals surface area contributed by atoms with Gasteiger partial charge >= 0.3 is 12.0 Å². The Balaban J connectivity index is 2.27. The van der Waals surface area contributed by atoms with Gasteiger partial charge in [-0.05, 0) is 19.3 Å². The molecule has 0 bridgehead atoms. The Morgan fingerprint density at radius 1 is 1.26 bits per heavy atom. The van der Waals surface area contributed by atoms with Crippen molar-refractivity contribution in [3.05, 3.63) is 0 Å². The van der Waals surface area contributed by atoms with Crippen molar-refractivity contribution in [3.8, 4) is 0 Å². The Kier molecular flexibility index (Phi) is 6.11. The van der Waals surface area contributed by atoms with Crippen LogP contribution in [0, 0.1) is 0 Å². The number of urea groups is 1. The van der Waals surface area contributed by atoms with E-state index in [2.05, 4.69) is 10.6 Å². The fourth-order valence-electron chi connectivity index (χ4n) is 2.00. The minimum Gasteiger partial charge on any atom is -0.480 e. The van der Waals surface area contributed by atoms with Gasteiger partial charge in [0, 0.05) is 26.1 Å². The summed E-state index contributed by atoms with van der Waals surface area (Å²) in [5, 5.41) is 14.2. The number of carboxylic acids is 1. The van der Waals surface area contributed by atoms with E-state index in [1.54, 1.807) is 0 Å². The van der Waals surface area contributed by atoms with Gasteiger partial charge in [0.2, 0.25) is 5.91 Å². The van der Waals surface area contributed by atoms with E-state index in [9.17, 15) is 14.4 Å². The number of nitrogens with zero attached hydrogens (tertiary/aromatic N) is 1. The summed E-state index contributed by atoms with van der Waals surface area (Å²) >= 11 is 0. The fourth-order valence-corrected chi connectivity index (χ4v) is 2.00. The Bertz CT molecular complexity index is 346. The van der Waals surface area contributed by atoms with Crippen LogP contribution in [0.15, 0.2) is 0 Å². The van der Waals surface area contributed by atoms with Gasteiger partial charge in [0.25, 0.3) is 0 Å². The van der Waals surface area contributed by atoms with Crippen LogP contribution < -0.4 is 10.6 Å². The van der Waals surface area contributed by atoms with Gasteiger partial charge in [-0.1, -0.05) is 6.92 Å². The molecular formula is C12H21N3O4. The molecule has 7 heteroatoms. The number of carbonyl (C=O) groups is 3. The van der Waals surface area contributed by atoms with E-state index < -0.39 is 18.0 Å². The molecule has 1 aliphatic heterocycles. The Labute approximate surface area is 112 Å². The zero-order valence-electron chi connectivity index (χ0n) is 11.1. The largest absolute Gasteiger partial charge is 0.480 e. The molecule has 1 saturated heterocycles. The van der Waals surface area contributed by atoms with Crippen LogP contribution in [-0.4, -0.2) is 53.6 Å². The van der Waals surface area contributed by atoms with Crippen molar-refractivity contribution < 1.29 is 19.5 Å². The number of rotatable bonds is 6. The van der Waals surface area contributed by atoms with Crippen LogP contribution in [0.4, 0.5) is 4.79 Å². The molecule has 0 spiro atoms. The molecule has 0 aromatic carbocycles. The molecule has 19 heavy (non-hydrogen) atoms. The molecule has 1 fully saturated rings. The smallest absolute Gasteiger partial charge is 0.326 e. The molecule has 1 heterocycles. The van der Waals surface area contributed by atoms with Crippen LogP contribution in [0.1, 0.15) is 32.6 Å². The van der Waals surface area contributed by atoms with Crippen LogP contribution >= 0.6 is 0 Å². The first kappa shape index (κ1) is 15.3. The number of carboxylic acid groups (broad SMARTS) is 1. The van der Waals surface area contributed by atoms with Gasteiger partial charge in [-0.3, -0.25) is 4.79 Å². The molecule has 3 N–H and O–H groups in total. The molecule has 0 aromatic rings. The second-order valence-corrected chi connectivity index (χ2v) is 4.52. The molecule has 7 nitrogen and oxygen atoms in total. The summed E-state index contributed by atoms with van der Waals surface area (Å²) in [4.78, 5) is 35.3. The summed E-state index contributed by atoms with van der Waals surface area (Å²) in [5.41, 5.74) is 0. The molecule has 0 unspecified atom stereocenters. The van der Waals surface area contributed by atoms with Crippen molar-refractivity contribution in [1.29, 1.82) is 0 Å². The maximum atomic E-state index is 11.8. The molecular weight excluding hydrogens is 250 g/mol. The Hall–Kier alpha value is -1.79. The molecule has 0 aromatic heterocycles. The minimum atomic E-state index is -0.978. The van der Waals surface area contributed by atoms with E-state index in [0.717, 1.165) is 6.42 Å². The highest BCUT2D eigenvalue weighted by Gasteiger charge is 2.33. The van der Waals surface area contributed by atoms with Crippen molar-refractivity contribution in [2.75, 3.05) is 19.6 Å². The van der Waals surface area contributed by atoms with Crippen molar-refractivity contribution in [3.63, 3.8) is 0 Å². The quantitative estimate of drug-likeness (QED) is 0.641. The lowest BCUT2D eigenvalue weighted by Gasteiger charge is -2.21. The third-order valence-electron chi connectivity index (χ3n) is 3.00. The minimum absolute atomic E-state index is 0.113. The van der Waals surface area contributed by atoms with Gasteiger partial charge in [0.05, 0.1) is 0 Å². The second kappa shape index (κ2) is 7.60. The van der Waals surface area contributed by atoms with Gasteiger partial charge in [0.15, 0.2) is 0 Å². The number of likely N-dealkylation sites (tertiary alicyclic amines) is 1. The number of amides is 3. The van der Waals surface area contributed by atoms with Crippen LogP contribution in [0.25, 0.3) is 0 Å². The number of hydrogen-bond donors (Lipinski definition) is 3. The maximum Gasteiger partial charge on any atom is 0.326 e. The summed E-state index contributed by atoms with van der Waals surface area (Å²) < 4.78 is 0.